The minimum absolute atomic E-state index is 0.0513. The Balaban J connectivity index is 2.27. The zero-order valence-corrected chi connectivity index (χ0v) is 10.6. The monoisotopic (exact) mass is 257 g/mol. The van der Waals surface area contributed by atoms with Gasteiger partial charge in [0, 0.05) is 17.8 Å². The first-order valence-electron chi connectivity index (χ1n) is 5.19. The van der Waals surface area contributed by atoms with Gasteiger partial charge in [-0.05, 0) is 20.3 Å². The number of aromatic nitrogens is 1. The van der Waals surface area contributed by atoms with Gasteiger partial charge in [-0.15, -0.1) is 11.3 Å². The van der Waals surface area contributed by atoms with Crippen LogP contribution >= 0.6 is 11.3 Å². The number of amides is 2. The van der Waals surface area contributed by atoms with E-state index < -0.39 is 5.97 Å². The van der Waals surface area contributed by atoms with Crippen LogP contribution in [0.2, 0.25) is 0 Å². The summed E-state index contributed by atoms with van der Waals surface area (Å²) in [5.74, 6) is -0.863. The van der Waals surface area contributed by atoms with E-state index >= 15 is 0 Å². The Bertz CT molecular complexity index is 397. The van der Waals surface area contributed by atoms with Gasteiger partial charge in [0.05, 0.1) is 5.69 Å². The fourth-order valence-corrected chi connectivity index (χ4v) is 1.92. The highest BCUT2D eigenvalue weighted by atomic mass is 32.1. The number of urea groups is 1. The second-order valence-corrected chi connectivity index (χ2v) is 4.74. The molecule has 0 unspecified atom stereocenters. The number of hydrogen-bond donors (Lipinski definition) is 3. The topological polar surface area (TPSA) is 91.3 Å². The van der Waals surface area contributed by atoms with Crippen LogP contribution in [0, 0.1) is 13.8 Å². The molecular formula is C10H15N3O3S. The standard InChI is InChI=1S/C10H15N3O3S/c1-6-7(2)17-10(12-6)13-9(16)11-5-3-4-8(14)15/h3-5H2,1-2H3,(H,14,15)(H2,11,12,13,16). The van der Waals surface area contributed by atoms with Gasteiger partial charge < -0.3 is 10.4 Å². The Kier molecular flexibility index (Phi) is 4.89. The van der Waals surface area contributed by atoms with Crippen molar-refractivity contribution < 1.29 is 14.7 Å². The molecule has 0 spiro atoms. The van der Waals surface area contributed by atoms with E-state index in [1.54, 1.807) is 0 Å². The van der Waals surface area contributed by atoms with Crippen LogP contribution in [0.3, 0.4) is 0 Å². The molecule has 0 aliphatic rings. The van der Waals surface area contributed by atoms with Crippen molar-refractivity contribution in [3.8, 4) is 0 Å². The molecule has 0 aliphatic heterocycles. The van der Waals surface area contributed by atoms with E-state index in [4.69, 9.17) is 5.11 Å². The molecule has 0 aromatic carbocycles. The third kappa shape index (κ3) is 4.81. The van der Waals surface area contributed by atoms with E-state index in [9.17, 15) is 9.59 Å². The number of carbonyl (C=O) groups is 2. The van der Waals surface area contributed by atoms with E-state index in [1.165, 1.54) is 11.3 Å². The van der Waals surface area contributed by atoms with E-state index in [2.05, 4.69) is 15.6 Å². The molecule has 1 aromatic heterocycles. The van der Waals surface area contributed by atoms with Crippen molar-refractivity contribution in [1.82, 2.24) is 10.3 Å². The molecule has 0 radical (unpaired) electrons. The quantitative estimate of drug-likeness (QED) is 0.701. The van der Waals surface area contributed by atoms with Crippen LogP contribution < -0.4 is 10.6 Å². The van der Waals surface area contributed by atoms with Crippen molar-refractivity contribution in [1.29, 1.82) is 0 Å². The lowest BCUT2D eigenvalue weighted by Crippen LogP contribution is -2.29. The maximum atomic E-state index is 11.4. The van der Waals surface area contributed by atoms with Crippen LogP contribution in [0.15, 0.2) is 0 Å². The van der Waals surface area contributed by atoms with Gasteiger partial charge in [0.25, 0.3) is 0 Å². The number of carboxylic acid groups (broad SMARTS) is 1. The molecule has 94 valence electrons. The number of thiazole rings is 1. The molecule has 0 bridgehead atoms. The summed E-state index contributed by atoms with van der Waals surface area (Å²) in [6.45, 7) is 4.15. The number of aliphatic carboxylic acids is 1. The molecule has 3 N–H and O–H groups in total. The van der Waals surface area contributed by atoms with Gasteiger partial charge in [0.2, 0.25) is 0 Å². The number of carbonyl (C=O) groups excluding carboxylic acids is 1. The summed E-state index contributed by atoms with van der Waals surface area (Å²) >= 11 is 1.41. The van der Waals surface area contributed by atoms with Crippen LogP contribution in [0.4, 0.5) is 9.93 Å². The van der Waals surface area contributed by atoms with Crippen LogP contribution in [-0.2, 0) is 4.79 Å². The Labute approximate surface area is 103 Å². The fourth-order valence-electron chi connectivity index (χ4n) is 1.11. The predicted molar refractivity (Wildman–Crippen MR) is 65.5 cm³/mol. The van der Waals surface area contributed by atoms with E-state index in [1.807, 2.05) is 13.8 Å². The largest absolute Gasteiger partial charge is 0.481 e. The van der Waals surface area contributed by atoms with Crippen molar-refractivity contribution in [3.63, 3.8) is 0 Å². The number of anilines is 1. The molecule has 6 nitrogen and oxygen atoms in total. The first-order valence-corrected chi connectivity index (χ1v) is 6.01. The molecule has 0 aliphatic carbocycles. The first kappa shape index (κ1) is 13.4. The molecule has 2 amide bonds. The Morgan fingerprint density at radius 3 is 2.65 bits per heavy atom. The lowest BCUT2D eigenvalue weighted by Gasteiger charge is -2.03. The van der Waals surface area contributed by atoms with Gasteiger partial charge in [-0.2, -0.15) is 0 Å². The number of rotatable bonds is 5. The average Bonchev–Trinajstić information content (AvgIpc) is 2.52. The smallest absolute Gasteiger partial charge is 0.321 e. The van der Waals surface area contributed by atoms with Gasteiger partial charge in [0.15, 0.2) is 5.13 Å². The molecule has 1 heterocycles. The molecule has 17 heavy (non-hydrogen) atoms. The van der Waals surface area contributed by atoms with Gasteiger partial charge in [0.1, 0.15) is 0 Å². The van der Waals surface area contributed by atoms with Crippen molar-refractivity contribution in [2.24, 2.45) is 0 Å². The van der Waals surface area contributed by atoms with Crippen LogP contribution in [0.1, 0.15) is 23.4 Å². The van der Waals surface area contributed by atoms with E-state index in [-0.39, 0.29) is 12.5 Å². The second kappa shape index (κ2) is 6.19. The first-order chi connectivity index (χ1) is 7.99. The summed E-state index contributed by atoms with van der Waals surface area (Å²) in [5.41, 5.74) is 0.899. The van der Waals surface area contributed by atoms with Crippen LogP contribution in [-0.4, -0.2) is 28.6 Å². The number of aryl methyl sites for hydroxylation is 2. The molecule has 0 atom stereocenters. The van der Waals surface area contributed by atoms with E-state index in [0.717, 1.165) is 10.6 Å². The third-order valence-electron chi connectivity index (χ3n) is 2.10. The van der Waals surface area contributed by atoms with Crippen molar-refractivity contribution in [3.05, 3.63) is 10.6 Å². The van der Waals surface area contributed by atoms with Gasteiger partial charge in [-0.3, -0.25) is 10.1 Å². The van der Waals surface area contributed by atoms with Crippen LogP contribution in [0.25, 0.3) is 0 Å². The summed E-state index contributed by atoms with van der Waals surface area (Å²) in [6, 6.07) is -0.357. The number of hydrogen-bond acceptors (Lipinski definition) is 4. The second-order valence-electron chi connectivity index (χ2n) is 3.54. The lowest BCUT2D eigenvalue weighted by atomic mass is 10.3. The van der Waals surface area contributed by atoms with Crippen LogP contribution in [0.5, 0.6) is 0 Å². The third-order valence-corrected chi connectivity index (χ3v) is 3.09. The summed E-state index contributed by atoms with van der Waals surface area (Å²) < 4.78 is 0. The highest BCUT2D eigenvalue weighted by Gasteiger charge is 2.07. The minimum Gasteiger partial charge on any atom is -0.481 e. The summed E-state index contributed by atoms with van der Waals surface area (Å²) in [5, 5.41) is 14.1. The van der Waals surface area contributed by atoms with Gasteiger partial charge in [-0.25, -0.2) is 9.78 Å². The molecule has 1 aromatic rings. The van der Waals surface area contributed by atoms with Gasteiger partial charge in [-0.1, -0.05) is 0 Å². The van der Waals surface area contributed by atoms with Crippen molar-refractivity contribution in [2.75, 3.05) is 11.9 Å². The highest BCUT2D eigenvalue weighted by molar-refractivity contribution is 7.15. The molecule has 1 rings (SSSR count). The van der Waals surface area contributed by atoms with E-state index in [0.29, 0.717) is 18.1 Å². The summed E-state index contributed by atoms with van der Waals surface area (Å²) in [7, 11) is 0. The fraction of sp³-hybridized carbons (Fsp3) is 0.500. The molecule has 0 fully saturated rings. The van der Waals surface area contributed by atoms with Gasteiger partial charge >= 0.3 is 12.0 Å². The van der Waals surface area contributed by atoms with Crippen molar-refractivity contribution in [2.45, 2.75) is 26.7 Å². The molecular weight excluding hydrogens is 242 g/mol. The minimum atomic E-state index is -0.863. The maximum Gasteiger partial charge on any atom is 0.321 e. The maximum absolute atomic E-state index is 11.4. The number of carboxylic acids is 1. The molecule has 0 saturated carbocycles. The number of nitrogens with one attached hydrogen (secondary N) is 2. The average molecular weight is 257 g/mol. The molecule has 0 saturated heterocycles. The SMILES string of the molecule is Cc1nc(NC(=O)NCCCC(=O)O)sc1C. The Morgan fingerprint density at radius 2 is 2.12 bits per heavy atom. The lowest BCUT2D eigenvalue weighted by molar-refractivity contribution is -0.137. The predicted octanol–water partition coefficient (Wildman–Crippen LogP) is 1.75. The Hall–Kier alpha value is -1.63. The zero-order valence-electron chi connectivity index (χ0n) is 9.74. The highest BCUT2D eigenvalue weighted by Crippen LogP contribution is 2.20. The normalized spacial score (nSPS) is 10.0. The summed E-state index contributed by atoms with van der Waals surface area (Å²) in [6.07, 6.45) is 0.467. The summed E-state index contributed by atoms with van der Waals surface area (Å²) in [4.78, 5) is 26.8. The molecule has 7 heteroatoms. The Morgan fingerprint density at radius 1 is 1.41 bits per heavy atom. The zero-order chi connectivity index (χ0) is 12.8. The number of nitrogens with zero attached hydrogens (tertiary/aromatic N) is 1. The van der Waals surface area contributed by atoms with Crippen molar-refractivity contribution >= 4 is 28.5 Å².